The number of piperidine rings is 1. The van der Waals surface area contributed by atoms with Gasteiger partial charge in [0.05, 0.1) is 11.2 Å². The third-order valence-corrected chi connectivity index (χ3v) is 7.90. The quantitative estimate of drug-likeness (QED) is 0.374. The lowest BCUT2D eigenvalue weighted by Crippen LogP contribution is -2.41. The molecule has 6 rings (SSSR count). The van der Waals surface area contributed by atoms with Crippen LogP contribution in [0.3, 0.4) is 0 Å². The summed E-state index contributed by atoms with van der Waals surface area (Å²) in [4.78, 5) is 39.1. The number of amides is 1. The Labute approximate surface area is 222 Å². The van der Waals surface area contributed by atoms with Crippen LogP contribution < -0.4 is 11.4 Å². The van der Waals surface area contributed by atoms with E-state index in [0.717, 1.165) is 6.07 Å². The van der Waals surface area contributed by atoms with Crippen molar-refractivity contribution in [2.45, 2.75) is 49.8 Å². The number of carbonyl (C=O) groups excluding carboxylic acids is 1. The molecular weight excluding hydrogens is 506 g/mol. The van der Waals surface area contributed by atoms with E-state index in [4.69, 9.17) is 10.5 Å². The Morgan fingerprint density at radius 1 is 0.974 bits per heavy atom. The maximum atomic E-state index is 14.7. The second-order valence-corrected chi connectivity index (χ2v) is 10.1. The van der Waals surface area contributed by atoms with Crippen molar-refractivity contribution in [3.05, 3.63) is 93.8 Å². The first-order valence-electron chi connectivity index (χ1n) is 13.1. The van der Waals surface area contributed by atoms with Crippen molar-refractivity contribution in [2.75, 3.05) is 13.1 Å². The number of ether oxygens (including phenoxy) is 1. The number of pyridine rings is 2. The molecule has 2 aliphatic rings. The predicted octanol–water partition coefficient (Wildman–Crippen LogP) is 4.49. The molecule has 11 heteroatoms. The maximum absolute atomic E-state index is 14.7. The molecule has 9 nitrogen and oxygen atoms in total. The molecule has 1 amide bonds. The van der Waals surface area contributed by atoms with Crippen LogP contribution in [0.1, 0.15) is 66.6 Å². The highest BCUT2D eigenvalue weighted by Gasteiger charge is 2.36. The molecule has 202 valence electrons. The molecule has 4 heterocycles. The van der Waals surface area contributed by atoms with E-state index in [1.165, 1.54) is 6.07 Å². The Hall–Kier alpha value is -4.12. The number of nitrogens with zero attached hydrogens (tertiary/aromatic N) is 4. The second-order valence-electron chi connectivity index (χ2n) is 10.1. The minimum Gasteiger partial charge on any atom is -0.440 e. The first kappa shape index (κ1) is 25.2. The zero-order valence-electron chi connectivity index (χ0n) is 21.1. The monoisotopic (exact) mass is 534 g/mol. The Morgan fingerprint density at radius 3 is 2.54 bits per heavy atom. The van der Waals surface area contributed by atoms with Crippen molar-refractivity contribution in [1.29, 1.82) is 0 Å². The van der Waals surface area contributed by atoms with Gasteiger partial charge >= 0.3 is 11.8 Å². The number of imidazole rings is 1. The maximum Gasteiger partial charge on any atom is 0.410 e. The number of halogens is 2. The zero-order valence-corrected chi connectivity index (χ0v) is 21.1. The standard InChI is InChI=1S/C28H28F2N6O3/c29-20-6-1-4-17(23(20)30)18-8-9-22(25-19(24(18)31)5-2-12-32-25)39-28(38)35-14-10-16(11-15-35)36-26-21(34-27(36)37)7-3-13-33-26/h1-7,12-13,16,18,22,24H,8-11,14-15,31H2,(H,34,37)/t18-,22-,24-/m0/s1. The molecule has 39 heavy (non-hydrogen) atoms. The number of H-pyrrole nitrogens is 1. The minimum atomic E-state index is -0.924. The van der Waals surface area contributed by atoms with Gasteiger partial charge in [-0.05, 0) is 61.1 Å². The molecule has 0 saturated carbocycles. The van der Waals surface area contributed by atoms with E-state index in [2.05, 4.69) is 15.0 Å². The van der Waals surface area contributed by atoms with Crippen LogP contribution in [0.2, 0.25) is 0 Å². The summed E-state index contributed by atoms with van der Waals surface area (Å²) in [6.45, 7) is 0.821. The number of nitrogens with one attached hydrogen (secondary N) is 1. The lowest BCUT2D eigenvalue weighted by atomic mass is 9.86. The SMILES string of the molecule is N[C@@H]1c2cccnc2[C@@H](OC(=O)N2CCC(n3c(=O)[nH]c4cccnc43)CC2)CC[C@H]1c1cccc(F)c1F. The van der Waals surface area contributed by atoms with Gasteiger partial charge in [0.2, 0.25) is 0 Å². The molecule has 1 fully saturated rings. The number of benzene rings is 1. The molecule has 3 aromatic heterocycles. The van der Waals surface area contributed by atoms with Gasteiger partial charge in [0.1, 0.15) is 6.10 Å². The first-order valence-corrected chi connectivity index (χ1v) is 13.1. The fourth-order valence-corrected chi connectivity index (χ4v) is 5.92. The molecule has 3 N–H and O–H groups in total. The predicted molar refractivity (Wildman–Crippen MR) is 139 cm³/mol. The molecular formula is C28H28F2N6O3. The van der Waals surface area contributed by atoms with Gasteiger partial charge in [0, 0.05) is 43.5 Å². The lowest BCUT2D eigenvalue weighted by Gasteiger charge is -2.32. The van der Waals surface area contributed by atoms with Gasteiger partial charge < -0.3 is 20.4 Å². The number of aromatic nitrogens is 4. The summed E-state index contributed by atoms with van der Waals surface area (Å²) in [5.41, 5.74) is 9.02. The number of rotatable bonds is 3. The Balaban J connectivity index is 1.18. The highest BCUT2D eigenvalue weighted by atomic mass is 19.2. The summed E-state index contributed by atoms with van der Waals surface area (Å²) in [6, 6.07) is 10.5. The van der Waals surface area contributed by atoms with E-state index in [-0.39, 0.29) is 17.3 Å². The molecule has 0 radical (unpaired) electrons. The number of fused-ring (bicyclic) bond motifs is 2. The van der Waals surface area contributed by atoms with E-state index in [0.29, 0.717) is 61.2 Å². The molecule has 0 unspecified atom stereocenters. The summed E-state index contributed by atoms with van der Waals surface area (Å²) in [7, 11) is 0. The Bertz CT molecular complexity index is 1580. The zero-order chi connectivity index (χ0) is 27.1. The first-order chi connectivity index (χ1) is 18.9. The van der Waals surface area contributed by atoms with Crippen molar-refractivity contribution in [2.24, 2.45) is 5.73 Å². The van der Waals surface area contributed by atoms with Crippen LogP contribution in [0, 0.1) is 11.6 Å². The van der Waals surface area contributed by atoms with Crippen molar-refractivity contribution in [3.63, 3.8) is 0 Å². The van der Waals surface area contributed by atoms with Crippen molar-refractivity contribution in [3.8, 4) is 0 Å². The van der Waals surface area contributed by atoms with Crippen LogP contribution in [0.25, 0.3) is 11.2 Å². The fourth-order valence-electron chi connectivity index (χ4n) is 5.92. The number of hydrogen-bond donors (Lipinski definition) is 2. The van der Waals surface area contributed by atoms with Crippen LogP contribution in [0.4, 0.5) is 13.6 Å². The van der Waals surface area contributed by atoms with Gasteiger partial charge in [0.25, 0.3) is 0 Å². The smallest absolute Gasteiger partial charge is 0.410 e. The van der Waals surface area contributed by atoms with Crippen LogP contribution in [-0.2, 0) is 4.74 Å². The molecule has 3 atom stereocenters. The summed E-state index contributed by atoms with van der Waals surface area (Å²) in [5.74, 6) is -2.34. The number of hydrogen-bond acceptors (Lipinski definition) is 6. The molecule has 1 aromatic carbocycles. The molecule has 0 bridgehead atoms. The largest absolute Gasteiger partial charge is 0.440 e. The number of likely N-dealkylation sites (tertiary alicyclic amines) is 1. The average molecular weight is 535 g/mol. The van der Waals surface area contributed by atoms with Gasteiger partial charge in [-0.15, -0.1) is 0 Å². The second kappa shape index (κ2) is 10.2. The van der Waals surface area contributed by atoms with Gasteiger partial charge in [-0.25, -0.2) is 23.4 Å². The average Bonchev–Trinajstić information content (AvgIpc) is 3.23. The van der Waals surface area contributed by atoms with E-state index in [9.17, 15) is 18.4 Å². The van der Waals surface area contributed by atoms with Crippen LogP contribution in [0.5, 0.6) is 0 Å². The van der Waals surface area contributed by atoms with E-state index in [1.807, 2.05) is 6.07 Å². The summed E-state index contributed by atoms with van der Waals surface area (Å²) >= 11 is 0. The number of aromatic amines is 1. The Kier molecular flexibility index (Phi) is 6.59. The topological polar surface area (TPSA) is 119 Å². The third-order valence-electron chi connectivity index (χ3n) is 7.90. The van der Waals surface area contributed by atoms with Crippen LogP contribution in [-0.4, -0.2) is 43.6 Å². The highest BCUT2D eigenvalue weighted by molar-refractivity contribution is 5.70. The van der Waals surface area contributed by atoms with Crippen LogP contribution in [0.15, 0.2) is 59.7 Å². The van der Waals surface area contributed by atoms with E-state index in [1.54, 1.807) is 46.1 Å². The lowest BCUT2D eigenvalue weighted by molar-refractivity contribution is 0.0472. The van der Waals surface area contributed by atoms with Crippen molar-refractivity contribution < 1.29 is 18.3 Å². The summed E-state index contributed by atoms with van der Waals surface area (Å²) in [5, 5.41) is 0. The summed E-state index contributed by atoms with van der Waals surface area (Å²) < 4.78 is 36.3. The number of carbonyl (C=O) groups is 1. The van der Waals surface area contributed by atoms with Gasteiger partial charge in [0.15, 0.2) is 17.3 Å². The van der Waals surface area contributed by atoms with Crippen LogP contribution >= 0.6 is 0 Å². The third kappa shape index (κ3) is 4.56. The van der Waals surface area contributed by atoms with Crippen molar-refractivity contribution >= 4 is 17.3 Å². The van der Waals surface area contributed by atoms with Gasteiger partial charge in [-0.3, -0.25) is 9.55 Å². The number of nitrogens with two attached hydrogens (primary N) is 1. The Morgan fingerprint density at radius 2 is 1.72 bits per heavy atom. The highest BCUT2D eigenvalue weighted by Crippen LogP contribution is 2.43. The fraction of sp³-hybridized carbons (Fsp3) is 0.357. The van der Waals surface area contributed by atoms with Gasteiger partial charge in [-0.1, -0.05) is 18.2 Å². The van der Waals surface area contributed by atoms with E-state index >= 15 is 0 Å². The molecule has 1 aliphatic heterocycles. The molecule has 1 aliphatic carbocycles. The molecule has 4 aromatic rings. The van der Waals surface area contributed by atoms with Gasteiger partial charge in [-0.2, -0.15) is 0 Å². The van der Waals surface area contributed by atoms with E-state index < -0.39 is 35.8 Å². The summed E-state index contributed by atoms with van der Waals surface area (Å²) in [6.07, 6.45) is 3.98. The molecule has 0 spiro atoms. The van der Waals surface area contributed by atoms with Crippen molar-refractivity contribution in [1.82, 2.24) is 24.4 Å². The minimum absolute atomic E-state index is 0.0922. The normalized spacial score (nSPS) is 21.9. The molecule has 1 saturated heterocycles.